The van der Waals surface area contributed by atoms with Gasteiger partial charge in [0.2, 0.25) is 0 Å². The van der Waals surface area contributed by atoms with Crippen LogP contribution in [0.5, 0.6) is 0 Å². The first kappa shape index (κ1) is 23.6. The standard InChI is InChI=1S/C22H18ClF3N2O3S/c1-13-5-3-4-6-19(13)28-32(30,31)20-11-15(8-7-14(20)2)21(29)27-16-9-10-18(23)17(12-16)22(24,25)26/h3-12,28H,1-2H3,(H,27,29). The van der Waals surface area contributed by atoms with Crippen LogP contribution in [0.25, 0.3) is 0 Å². The highest BCUT2D eigenvalue weighted by atomic mass is 35.5. The number of benzene rings is 3. The fourth-order valence-corrected chi connectivity index (χ4v) is 4.57. The van der Waals surface area contributed by atoms with Gasteiger partial charge in [-0.2, -0.15) is 13.2 Å². The summed E-state index contributed by atoms with van der Waals surface area (Å²) in [5, 5.41) is 1.84. The molecule has 3 aromatic carbocycles. The number of carbonyl (C=O) groups is 1. The van der Waals surface area contributed by atoms with Crippen molar-refractivity contribution in [1.82, 2.24) is 0 Å². The van der Waals surface area contributed by atoms with Crippen molar-refractivity contribution >= 4 is 38.9 Å². The van der Waals surface area contributed by atoms with Crippen LogP contribution < -0.4 is 10.0 Å². The molecule has 0 heterocycles. The molecule has 10 heteroatoms. The summed E-state index contributed by atoms with van der Waals surface area (Å²) < 4.78 is 67.5. The maximum Gasteiger partial charge on any atom is 0.417 e. The number of nitrogens with one attached hydrogen (secondary N) is 2. The third kappa shape index (κ3) is 5.23. The number of alkyl halides is 3. The molecule has 3 aromatic rings. The first-order valence-electron chi connectivity index (χ1n) is 9.26. The van der Waals surface area contributed by atoms with Gasteiger partial charge >= 0.3 is 6.18 Å². The van der Waals surface area contributed by atoms with Crippen molar-refractivity contribution in [1.29, 1.82) is 0 Å². The summed E-state index contributed by atoms with van der Waals surface area (Å²) in [7, 11) is -4.02. The molecule has 0 fully saturated rings. The minimum atomic E-state index is -4.69. The molecule has 0 radical (unpaired) electrons. The molecule has 5 nitrogen and oxygen atoms in total. The van der Waals surface area contributed by atoms with E-state index in [-0.39, 0.29) is 16.1 Å². The molecule has 1 amide bonds. The van der Waals surface area contributed by atoms with Crippen molar-refractivity contribution < 1.29 is 26.4 Å². The zero-order valence-corrected chi connectivity index (χ0v) is 18.5. The summed E-state index contributed by atoms with van der Waals surface area (Å²) in [6, 6.07) is 13.8. The first-order valence-corrected chi connectivity index (χ1v) is 11.1. The van der Waals surface area contributed by atoms with Gasteiger partial charge in [-0.1, -0.05) is 35.9 Å². The number of amides is 1. The normalized spacial score (nSPS) is 11.8. The smallest absolute Gasteiger partial charge is 0.322 e. The Morgan fingerprint density at radius 3 is 2.28 bits per heavy atom. The van der Waals surface area contributed by atoms with Crippen LogP contribution in [0.1, 0.15) is 27.0 Å². The van der Waals surface area contributed by atoms with E-state index < -0.39 is 32.7 Å². The van der Waals surface area contributed by atoms with E-state index in [1.54, 1.807) is 38.1 Å². The van der Waals surface area contributed by atoms with Gasteiger partial charge in [0.15, 0.2) is 0 Å². The molecule has 2 N–H and O–H groups in total. The molecule has 32 heavy (non-hydrogen) atoms. The van der Waals surface area contributed by atoms with Crippen molar-refractivity contribution in [3.8, 4) is 0 Å². The lowest BCUT2D eigenvalue weighted by Crippen LogP contribution is -2.18. The Balaban J connectivity index is 1.90. The maximum absolute atomic E-state index is 13.1. The number of halogens is 4. The number of carbonyl (C=O) groups excluding carboxylic acids is 1. The third-order valence-corrected chi connectivity index (χ3v) is 6.50. The molecule has 3 rings (SSSR count). The van der Waals surface area contributed by atoms with Crippen LogP contribution in [-0.2, 0) is 16.2 Å². The Bertz CT molecular complexity index is 1290. The summed E-state index contributed by atoms with van der Waals surface area (Å²) in [6.07, 6.45) is -4.69. The summed E-state index contributed by atoms with van der Waals surface area (Å²) >= 11 is 5.59. The van der Waals surface area contributed by atoms with E-state index in [0.717, 1.165) is 6.07 Å². The van der Waals surface area contributed by atoms with Gasteiger partial charge in [0.25, 0.3) is 15.9 Å². The highest BCUT2D eigenvalue weighted by Crippen LogP contribution is 2.36. The van der Waals surface area contributed by atoms with Crippen LogP contribution in [0.15, 0.2) is 65.6 Å². The zero-order valence-electron chi connectivity index (χ0n) is 16.9. The van der Waals surface area contributed by atoms with Gasteiger partial charge in [-0.3, -0.25) is 9.52 Å². The number of sulfonamides is 1. The second-order valence-electron chi connectivity index (χ2n) is 7.05. The predicted molar refractivity (Wildman–Crippen MR) is 118 cm³/mol. The van der Waals surface area contributed by atoms with Gasteiger partial charge in [0, 0.05) is 11.3 Å². The number of anilines is 2. The van der Waals surface area contributed by atoms with E-state index in [9.17, 15) is 26.4 Å². The lowest BCUT2D eigenvalue weighted by atomic mass is 10.1. The van der Waals surface area contributed by atoms with E-state index in [0.29, 0.717) is 22.9 Å². The quantitative estimate of drug-likeness (QED) is 0.466. The Hall–Kier alpha value is -3.04. The summed E-state index contributed by atoms with van der Waals surface area (Å²) in [4.78, 5) is 12.5. The van der Waals surface area contributed by atoms with Crippen LogP contribution in [0.3, 0.4) is 0 Å². The van der Waals surface area contributed by atoms with E-state index >= 15 is 0 Å². The minimum Gasteiger partial charge on any atom is -0.322 e. The molecule has 0 unspecified atom stereocenters. The molecule has 0 saturated carbocycles. The van der Waals surface area contributed by atoms with Gasteiger partial charge in [-0.25, -0.2) is 8.42 Å². The molecule has 168 valence electrons. The van der Waals surface area contributed by atoms with Crippen LogP contribution >= 0.6 is 11.6 Å². The van der Waals surface area contributed by atoms with Crippen molar-refractivity contribution in [3.63, 3.8) is 0 Å². The highest BCUT2D eigenvalue weighted by molar-refractivity contribution is 7.92. The van der Waals surface area contributed by atoms with Crippen LogP contribution in [-0.4, -0.2) is 14.3 Å². The third-order valence-electron chi connectivity index (χ3n) is 4.66. The summed E-state index contributed by atoms with van der Waals surface area (Å²) in [6.45, 7) is 3.32. The number of hydrogen-bond acceptors (Lipinski definition) is 3. The average molecular weight is 483 g/mol. The van der Waals surface area contributed by atoms with Gasteiger partial charge in [0.05, 0.1) is 21.2 Å². The number of para-hydroxylation sites is 1. The van der Waals surface area contributed by atoms with E-state index in [1.807, 2.05) is 0 Å². The van der Waals surface area contributed by atoms with Gasteiger partial charge in [-0.15, -0.1) is 0 Å². The lowest BCUT2D eigenvalue weighted by Gasteiger charge is -2.14. The van der Waals surface area contributed by atoms with Crippen molar-refractivity contribution in [2.45, 2.75) is 24.9 Å². The Labute approximate surface area is 188 Å². The van der Waals surface area contributed by atoms with E-state index in [2.05, 4.69) is 10.0 Å². The average Bonchev–Trinajstić information content (AvgIpc) is 2.70. The Morgan fingerprint density at radius 1 is 0.938 bits per heavy atom. The maximum atomic E-state index is 13.1. The fraction of sp³-hybridized carbons (Fsp3) is 0.136. The monoisotopic (exact) mass is 482 g/mol. The Morgan fingerprint density at radius 2 is 1.62 bits per heavy atom. The largest absolute Gasteiger partial charge is 0.417 e. The molecule has 0 aromatic heterocycles. The van der Waals surface area contributed by atoms with Crippen LogP contribution in [0.4, 0.5) is 24.5 Å². The second-order valence-corrected chi connectivity index (χ2v) is 9.11. The molecular weight excluding hydrogens is 465 g/mol. The molecular formula is C22H18ClF3N2O3S. The molecule has 0 spiro atoms. The van der Waals surface area contributed by atoms with Crippen molar-refractivity contribution in [3.05, 3.63) is 87.9 Å². The second kappa shape index (κ2) is 8.84. The van der Waals surface area contributed by atoms with Crippen LogP contribution in [0.2, 0.25) is 5.02 Å². The molecule has 0 saturated heterocycles. The van der Waals surface area contributed by atoms with Gasteiger partial charge in [-0.05, 0) is 61.4 Å². The highest BCUT2D eigenvalue weighted by Gasteiger charge is 2.33. The predicted octanol–water partition coefficient (Wildman–Crippen LogP) is 6.03. The van der Waals surface area contributed by atoms with E-state index in [1.165, 1.54) is 24.3 Å². The number of aryl methyl sites for hydroxylation is 2. The molecule has 0 aliphatic carbocycles. The SMILES string of the molecule is Cc1ccccc1NS(=O)(=O)c1cc(C(=O)Nc2ccc(Cl)c(C(F)(F)F)c2)ccc1C. The van der Waals surface area contributed by atoms with Crippen molar-refractivity contribution in [2.75, 3.05) is 10.0 Å². The van der Waals surface area contributed by atoms with Crippen molar-refractivity contribution in [2.24, 2.45) is 0 Å². The zero-order chi connectivity index (χ0) is 23.7. The van der Waals surface area contributed by atoms with Gasteiger partial charge < -0.3 is 5.32 Å². The molecule has 0 aliphatic rings. The lowest BCUT2D eigenvalue weighted by molar-refractivity contribution is -0.137. The Kier molecular flexibility index (Phi) is 6.52. The molecule has 0 atom stereocenters. The number of rotatable bonds is 5. The van der Waals surface area contributed by atoms with Crippen LogP contribution in [0, 0.1) is 13.8 Å². The summed E-state index contributed by atoms with van der Waals surface area (Å²) in [5.74, 6) is -0.771. The number of hydrogen-bond donors (Lipinski definition) is 2. The topological polar surface area (TPSA) is 75.3 Å². The fourth-order valence-electron chi connectivity index (χ4n) is 2.94. The summed E-state index contributed by atoms with van der Waals surface area (Å²) in [5.41, 5.74) is 0.243. The van der Waals surface area contributed by atoms with E-state index in [4.69, 9.17) is 11.6 Å². The first-order chi connectivity index (χ1) is 14.9. The molecule has 0 bridgehead atoms. The van der Waals surface area contributed by atoms with Gasteiger partial charge in [0.1, 0.15) is 0 Å². The minimum absolute atomic E-state index is 0.0377. The molecule has 0 aliphatic heterocycles.